The molecule has 0 saturated heterocycles. The Balaban J connectivity index is 2.46. The molecule has 0 aromatic heterocycles. The molecule has 1 rings (SSSR count). The second-order valence-corrected chi connectivity index (χ2v) is 3.74. The normalized spacial score (nSPS) is 10.3. The molecular weight excluding hydrogens is 218 g/mol. The summed E-state index contributed by atoms with van der Waals surface area (Å²) in [5, 5.41) is 3.35. The van der Waals surface area contributed by atoms with Gasteiger partial charge in [-0.25, -0.2) is 0 Å². The van der Waals surface area contributed by atoms with E-state index in [-0.39, 0.29) is 0 Å². The quantitative estimate of drug-likeness (QED) is 0.703. The molecule has 4 heteroatoms. The molecule has 0 radical (unpaired) electrons. The van der Waals surface area contributed by atoms with Gasteiger partial charge in [0.1, 0.15) is 11.5 Å². The van der Waals surface area contributed by atoms with Gasteiger partial charge in [-0.1, -0.05) is 0 Å². The summed E-state index contributed by atoms with van der Waals surface area (Å²) in [6.07, 6.45) is 1.01. The molecule has 0 aliphatic rings. The van der Waals surface area contributed by atoms with Crippen LogP contribution >= 0.6 is 0 Å². The van der Waals surface area contributed by atoms with E-state index >= 15 is 0 Å². The number of nitrogens with one attached hydrogen (secondary N) is 1. The van der Waals surface area contributed by atoms with Crippen molar-refractivity contribution in [3.8, 4) is 11.5 Å². The van der Waals surface area contributed by atoms with Gasteiger partial charge in [0.25, 0.3) is 0 Å². The lowest BCUT2D eigenvalue weighted by molar-refractivity contribution is 0.194. The number of benzene rings is 1. The Morgan fingerprint density at radius 3 is 2.18 bits per heavy atom. The van der Waals surface area contributed by atoms with Gasteiger partial charge >= 0.3 is 0 Å². The molecule has 0 aliphatic heterocycles. The lowest BCUT2D eigenvalue weighted by atomic mass is 10.2. The molecule has 0 saturated carbocycles. The van der Waals surface area contributed by atoms with Crippen LogP contribution in [0.3, 0.4) is 0 Å². The van der Waals surface area contributed by atoms with Crippen LogP contribution in [0.5, 0.6) is 11.5 Å². The smallest absolute Gasteiger partial charge is 0.122 e. The van der Waals surface area contributed by atoms with E-state index in [2.05, 4.69) is 5.32 Å². The monoisotopic (exact) mass is 239 g/mol. The molecule has 1 N–H and O–H groups in total. The Morgan fingerprint density at radius 2 is 1.65 bits per heavy atom. The van der Waals surface area contributed by atoms with Crippen LogP contribution in [-0.4, -0.2) is 34.5 Å². The highest BCUT2D eigenvalue weighted by Gasteiger charge is 2.01. The Bertz CT molecular complexity index is 306. The van der Waals surface area contributed by atoms with Crippen molar-refractivity contribution in [2.24, 2.45) is 0 Å². The minimum atomic E-state index is 0.786. The van der Waals surface area contributed by atoms with E-state index in [0.717, 1.165) is 43.2 Å². The Kier molecular flexibility index (Phi) is 6.43. The molecule has 0 fully saturated rings. The third kappa shape index (κ3) is 5.06. The third-order valence-corrected chi connectivity index (χ3v) is 2.44. The average molecular weight is 239 g/mol. The molecule has 1 aromatic rings. The van der Waals surface area contributed by atoms with Crippen LogP contribution in [0.25, 0.3) is 0 Å². The van der Waals surface area contributed by atoms with E-state index in [9.17, 15) is 0 Å². The number of methoxy groups -OCH3 is 3. The van der Waals surface area contributed by atoms with E-state index in [1.54, 1.807) is 21.3 Å². The first kappa shape index (κ1) is 13.8. The van der Waals surface area contributed by atoms with Crippen LogP contribution in [0, 0.1) is 0 Å². The molecule has 0 aliphatic carbocycles. The minimum absolute atomic E-state index is 0.786. The van der Waals surface area contributed by atoms with Crippen LogP contribution in [0.2, 0.25) is 0 Å². The van der Waals surface area contributed by atoms with Gasteiger partial charge in [-0.15, -0.1) is 0 Å². The van der Waals surface area contributed by atoms with Gasteiger partial charge in [-0.05, 0) is 30.7 Å². The summed E-state index contributed by atoms with van der Waals surface area (Å²) in [4.78, 5) is 0. The Hall–Kier alpha value is -1.26. The van der Waals surface area contributed by atoms with Crippen LogP contribution in [0.4, 0.5) is 0 Å². The molecule has 0 unspecified atom stereocenters. The molecule has 17 heavy (non-hydrogen) atoms. The second-order valence-electron chi connectivity index (χ2n) is 3.74. The summed E-state index contributed by atoms with van der Waals surface area (Å²) in [6, 6.07) is 5.88. The number of rotatable bonds is 8. The summed E-state index contributed by atoms with van der Waals surface area (Å²) in [5.41, 5.74) is 1.15. The summed E-state index contributed by atoms with van der Waals surface area (Å²) >= 11 is 0. The van der Waals surface area contributed by atoms with Gasteiger partial charge in [0.15, 0.2) is 0 Å². The fourth-order valence-electron chi connectivity index (χ4n) is 1.54. The molecule has 0 heterocycles. The largest absolute Gasteiger partial charge is 0.497 e. The summed E-state index contributed by atoms with van der Waals surface area (Å²) < 4.78 is 15.4. The maximum absolute atomic E-state index is 5.21. The zero-order chi connectivity index (χ0) is 12.5. The third-order valence-electron chi connectivity index (χ3n) is 2.44. The zero-order valence-corrected chi connectivity index (χ0v) is 10.8. The number of ether oxygens (including phenoxy) is 3. The predicted octanol–water partition coefficient (Wildman–Crippen LogP) is 1.83. The van der Waals surface area contributed by atoms with Crippen molar-refractivity contribution in [2.45, 2.75) is 13.0 Å². The van der Waals surface area contributed by atoms with E-state index in [1.165, 1.54) is 0 Å². The van der Waals surface area contributed by atoms with E-state index in [1.807, 2.05) is 18.2 Å². The Labute approximate surface area is 103 Å². The van der Waals surface area contributed by atoms with Crippen molar-refractivity contribution >= 4 is 0 Å². The topological polar surface area (TPSA) is 39.7 Å². The first-order valence-corrected chi connectivity index (χ1v) is 5.71. The van der Waals surface area contributed by atoms with E-state index < -0.39 is 0 Å². The van der Waals surface area contributed by atoms with Crippen molar-refractivity contribution < 1.29 is 14.2 Å². The van der Waals surface area contributed by atoms with Crippen LogP contribution < -0.4 is 14.8 Å². The lowest BCUT2D eigenvalue weighted by Gasteiger charge is -2.09. The summed E-state index contributed by atoms with van der Waals surface area (Å²) in [5.74, 6) is 1.64. The van der Waals surface area contributed by atoms with Crippen LogP contribution in [-0.2, 0) is 11.3 Å². The van der Waals surface area contributed by atoms with Gasteiger partial charge in [0, 0.05) is 26.3 Å². The summed E-state index contributed by atoms with van der Waals surface area (Å²) in [6.45, 7) is 2.53. The first-order chi connectivity index (χ1) is 8.30. The van der Waals surface area contributed by atoms with Gasteiger partial charge in [0.2, 0.25) is 0 Å². The van der Waals surface area contributed by atoms with Gasteiger partial charge in [-0.2, -0.15) is 0 Å². The average Bonchev–Trinajstić information content (AvgIpc) is 2.38. The molecule has 1 aromatic carbocycles. The number of hydrogen-bond donors (Lipinski definition) is 1. The molecule has 96 valence electrons. The standard InChI is InChI=1S/C13H21NO3/c1-15-6-4-5-14-10-11-7-12(16-2)9-13(8-11)17-3/h7-9,14H,4-6,10H2,1-3H3. The SMILES string of the molecule is COCCCNCc1cc(OC)cc(OC)c1. The minimum Gasteiger partial charge on any atom is -0.497 e. The van der Waals surface area contributed by atoms with Crippen molar-refractivity contribution in [3.63, 3.8) is 0 Å². The molecular formula is C13H21NO3. The van der Waals surface area contributed by atoms with Crippen LogP contribution in [0.15, 0.2) is 18.2 Å². The highest BCUT2D eigenvalue weighted by molar-refractivity contribution is 5.38. The Morgan fingerprint density at radius 1 is 1.00 bits per heavy atom. The van der Waals surface area contributed by atoms with Gasteiger partial charge in [0.05, 0.1) is 14.2 Å². The van der Waals surface area contributed by atoms with Gasteiger partial charge in [-0.3, -0.25) is 0 Å². The van der Waals surface area contributed by atoms with Crippen molar-refractivity contribution in [3.05, 3.63) is 23.8 Å². The predicted molar refractivity (Wildman–Crippen MR) is 67.7 cm³/mol. The number of hydrogen-bond acceptors (Lipinski definition) is 4. The van der Waals surface area contributed by atoms with E-state index in [4.69, 9.17) is 14.2 Å². The summed E-state index contributed by atoms with van der Waals surface area (Å²) in [7, 11) is 5.03. The molecule has 0 bridgehead atoms. The second kappa shape index (κ2) is 7.92. The maximum atomic E-state index is 5.21. The fourth-order valence-corrected chi connectivity index (χ4v) is 1.54. The molecule has 0 spiro atoms. The van der Waals surface area contributed by atoms with Crippen molar-refractivity contribution in [1.29, 1.82) is 0 Å². The van der Waals surface area contributed by atoms with Crippen molar-refractivity contribution in [2.75, 3.05) is 34.5 Å². The zero-order valence-electron chi connectivity index (χ0n) is 10.8. The first-order valence-electron chi connectivity index (χ1n) is 5.71. The molecule has 4 nitrogen and oxygen atoms in total. The highest BCUT2D eigenvalue weighted by atomic mass is 16.5. The maximum Gasteiger partial charge on any atom is 0.122 e. The highest BCUT2D eigenvalue weighted by Crippen LogP contribution is 2.22. The van der Waals surface area contributed by atoms with Gasteiger partial charge < -0.3 is 19.5 Å². The van der Waals surface area contributed by atoms with E-state index in [0.29, 0.717) is 0 Å². The molecule has 0 amide bonds. The lowest BCUT2D eigenvalue weighted by Crippen LogP contribution is -2.16. The van der Waals surface area contributed by atoms with Crippen molar-refractivity contribution in [1.82, 2.24) is 5.32 Å². The fraction of sp³-hybridized carbons (Fsp3) is 0.538. The molecule has 0 atom stereocenters. The van der Waals surface area contributed by atoms with Crippen LogP contribution in [0.1, 0.15) is 12.0 Å².